The fraction of sp³-hybridized carbons (Fsp3) is 0.476. The summed E-state index contributed by atoms with van der Waals surface area (Å²) < 4.78 is 11.3. The zero-order chi connectivity index (χ0) is 20.3. The van der Waals surface area contributed by atoms with Gasteiger partial charge in [0.1, 0.15) is 11.3 Å². The molecule has 28 heavy (non-hydrogen) atoms. The Balaban J connectivity index is 1.88. The van der Waals surface area contributed by atoms with Crippen LogP contribution < -0.4 is 5.32 Å². The van der Waals surface area contributed by atoms with Crippen LogP contribution in [-0.2, 0) is 18.5 Å². The highest BCUT2D eigenvalue weighted by atomic mass is 16.5. The average Bonchev–Trinajstić information content (AvgIpc) is 3.23. The van der Waals surface area contributed by atoms with Gasteiger partial charge < -0.3 is 19.2 Å². The Labute approximate surface area is 165 Å². The van der Waals surface area contributed by atoms with E-state index in [0.29, 0.717) is 23.8 Å². The van der Waals surface area contributed by atoms with Crippen molar-refractivity contribution in [3.63, 3.8) is 0 Å². The van der Waals surface area contributed by atoms with Crippen LogP contribution in [0.2, 0.25) is 0 Å². The number of nitrogens with zero attached hydrogens (tertiary/aromatic N) is 3. The van der Waals surface area contributed by atoms with Crippen molar-refractivity contribution in [2.45, 2.75) is 52.1 Å². The van der Waals surface area contributed by atoms with Crippen molar-refractivity contribution in [1.82, 2.24) is 20.4 Å². The molecule has 0 bridgehead atoms. The molecule has 0 unspecified atom stereocenters. The molecule has 2 heterocycles. The van der Waals surface area contributed by atoms with E-state index in [1.165, 1.54) is 0 Å². The van der Waals surface area contributed by atoms with Crippen LogP contribution in [-0.4, -0.2) is 35.0 Å². The first-order chi connectivity index (χ1) is 13.3. The third-order valence-corrected chi connectivity index (χ3v) is 4.56. The van der Waals surface area contributed by atoms with Gasteiger partial charge in [-0.25, -0.2) is 0 Å². The first-order valence-corrected chi connectivity index (χ1v) is 9.62. The van der Waals surface area contributed by atoms with Crippen LogP contribution in [0.25, 0.3) is 11.0 Å². The molecule has 1 amide bonds. The van der Waals surface area contributed by atoms with Gasteiger partial charge in [-0.15, -0.1) is 0 Å². The molecule has 0 atom stereocenters. The lowest BCUT2D eigenvalue weighted by atomic mass is 10.0. The van der Waals surface area contributed by atoms with E-state index in [1.54, 1.807) is 0 Å². The highest BCUT2D eigenvalue weighted by Crippen LogP contribution is 2.28. The lowest BCUT2D eigenvalue weighted by Gasteiger charge is -2.22. The number of carbonyl (C=O) groups is 1. The van der Waals surface area contributed by atoms with E-state index in [2.05, 4.69) is 22.4 Å². The number of furan rings is 1. The van der Waals surface area contributed by atoms with Gasteiger partial charge in [0.25, 0.3) is 5.91 Å². The maximum Gasteiger partial charge on any atom is 0.256 e. The third kappa shape index (κ3) is 4.25. The molecule has 0 aliphatic heterocycles. The summed E-state index contributed by atoms with van der Waals surface area (Å²) in [4.78, 5) is 19.6. The minimum Gasteiger partial charge on any atom is -0.460 e. The molecule has 7 nitrogen and oxygen atoms in total. The number of fused-ring (bicyclic) bond motifs is 1. The zero-order valence-electron chi connectivity index (χ0n) is 17.2. The highest BCUT2D eigenvalue weighted by molar-refractivity contribution is 6.07. The van der Waals surface area contributed by atoms with Crippen LogP contribution in [0.4, 0.5) is 0 Å². The molecule has 3 aromatic rings. The number of amides is 1. The summed E-state index contributed by atoms with van der Waals surface area (Å²) in [5.74, 6) is 1.48. The number of aryl methyl sites for hydroxylation is 1. The second kappa shape index (κ2) is 8.14. The molecule has 0 aliphatic rings. The molecule has 0 radical (unpaired) electrons. The van der Waals surface area contributed by atoms with Crippen LogP contribution >= 0.6 is 0 Å². The standard InChI is InChI=1S/C21H28N4O3/c1-6-7-11-16-18(14-10-8-9-12-15(14)27-16)19(26)23-21(2,3)20-22-17(28-24-20)13-25(4)5/h8-10,12H,6-7,11,13H2,1-5H3,(H,23,26). The largest absolute Gasteiger partial charge is 0.460 e. The van der Waals surface area contributed by atoms with E-state index in [1.807, 2.05) is 57.1 Å². The molecule has 0 aliphatic carbocycles. The Morgan fingerprint density at radius 1 is 1.25 bits per heavy atom. The Morgan fingerprint density at radius 3 is 2.71 bits per heavy atom. The molecular weight excluding hydrogens is 356 g/mol. The second-order valence-corrected chi connectivity index (χ2v) is 7.83. The molecule has 0 saturated heterocycles. The van der Waals surface area contributed by atoms with Crippen LogP contribution in [0.15, 0.2) is 33.2 Å². The van der Waals surface area contributed by atoms with Crippen molar-refractivity contribution in [1.29, 1.82) is 0 Å². The smallest absolute Gasteiger partial charge is 0.256 e. The second-order valence-electron chi connectivity index (χ2n) is 7.83. The number of rotatable bonds is 8. The number of unbranched alkanes of at least 4 members (excludes halogenated alkanes) is 1. The summed E-state index contributed by atoms with van der Waals surface area (Å²) in [5, 5.41) is 7.93. The summed E-state index contributed by atoms with van der Waals surface area (Å²) in [7, 11) is 3.86. The van der Waals surface area contributed by atoms with Crippen molar-refractivity contribution in [2.75, 3.05) is 14.1 Å². The Kier molecular flexibility index (Phi) is 5.84. The molecule has 0 fully saturated rings. The van der Waals surface area contributed by atoms with Crippen LogP contribution in [0, 0.1) is 0 Å². The van der Waals surface area contributed by atoms with Crippen molar-refractivity contribution in [2.24, 2.45) is 0 Å². The molecule has 3 rings (SSSR count). The minimum absolute atomic E-state index is 0.194. The number of nitrogens with one attached hydrogen (secondary N) is 1. The predicted molar refractivity (Wildman–Crippen MR) is 107 cm³/mol. The van der Waals surface area contributed by atoms with E-state index in [9.17, 15) is 4.79 Å². The first-order valence-electron chi connectivity index (χ1n) is 9.62. The van der Waals surface area contributed by atoms with Crippen LogP contribution in [0.1, 0.15) is 61.4 Å². The summed E-state index contributed by atoms with van der Waals surface area (Å²) in [6, 6.07) is 7.63. The molecule has 150 valence electrons. The van der Waals surface area contributed by atoms with E-state index in [-0.39, 0.29) is 5.91 Å². The molecule has 7 heteroatoms. The summed E-state index contributed by atoms with van der Waals surface area (Å²) in [6.07, 6.45) is 2.72. The fourth-order valence-electron chi connectivity index (χ4n) is 3.10. The molecule has 2 aromatic heterocycles. The average molecular weight is 384 g/mol. The van der Waals surface area contributed by atoms with Crippen molar-refractivity contribution < 1.29 is 13.7 Å². The molecular formula is C21H28N4O3. The van der Waals surface area contributed by atoms with Gasteiger partial charge in [0, 0.05) is 11.8 Å². The van der Waals surface area contributed by atoms with Gasteiger partial charge in [-0.1, -0.05) is 36.7 Å². The van der Waals surface area contributed by atoms with Gasteiger partial charge in [-0.05, 0) is 40.4 Å². The Hall–Kier alpha value is -2.67. The quantitative estimate of drug-likeness (QED) is 0.634. The van der Waals surface area contributed by atoms with Crippen molar-refractivity contribution in [3.8, 4) is 0 Å². The van der Waals surface area contributed by atoms with Crippen LogP contribution in [0.5, 0.6) is 0 Å². The topological polar surface area (TPSA) is 84.4 Å². The van der Waals surface area contributed by atoms with Crippen LogP contribution in [0.3, 0.4) is 0 Å². The summed E-state index contributed by atoms with van der Waals surface area (Å²) in [5.41, 5.74) is 0.532. The van der Waals surface area contributed by atoms with E-state index >= 15 is 0 Å². The lowest BCUT2D eigenvalue weighted by molar-refractivity contribution is 0.0907. The number of hydrogen-bond acceptors (Lipinski definition) is 6. The maximum absolute atomic E-state index is 13.2. The number of benzene rings is 1. The lowest BCUT2D eigenvalue weighted by Crippen LogP contribution is -2.42. The first kappa shape index (κ1) is 20.1. The van der Waals surface area contributed by atoms with Gasteiger partial charge in [0.15, 0.2) is 5.82 Å². The van der Waals surface area contributed by atoms with E-state index in [0.717, 1.165) is 36.0 Å². The van der Waals surface area contributed by atoms with E-state index in [4.69, 9.17) is 8.94 Å². The fourth-order valence-corrected chi connectivity index (χ4v) is 3.10. The molecule has 1 N–H and O–H groups in total. The Bertz CT molecular complexity index is 956. The van der Waals surface area contributed by atoms with Gasteiger partial charge >= 0.3 is 0 Å². The minimum atomic E-state index is -0.786. The normalized spacial score (nSPS) is 12.1. The van der Waals surface area contributed by atoms with Gasteiger partial charge in [0.05, 0.1) is 17.6 Å². The zero-order valence-corrected chi connectivity index (χ0v) is 17.2. The summed E-state index contributed by atoms with van der Waals surface area (Å²) in [6.45, 7) is 6.39. The number of para-hydroxylation sites is 1. The van der Waals surface area contributed by atoms with Gasteiger partial charge in [-0.3, -0.25) is 4.79 Å². The van der Waals surface area contributed by atoms with Crippen molar-refractivity contribution in [3.05, 3.63) is 47.3 Å². The Morgan fingerprint density at radius 2 is 2.00 bits per heavy atom. The SMILES string of the molecule is CCCCc1oc2ccccc2c1C(=O)NC(C)(C)c1noc(CN(C)C)n1. The third-order valence-electron chi connectivity index (χ3n) is 4.56. The maximum atomic E-state index is 13.2. The highest BCUT2D eigenvalue weighted by Gasteiger charge is 2.31. The number of hydrogen-bond donors (Lipinski definition) is 1. The molecule has 1 aromatic carbocycles. The summed E-state index contributed by atoms with van der Waals surface area (Å²) >= 11 is 0. The number of carbonyl (C=O) groups excluding carboxylic acids is 1. The van der Waals surface area contributed by atoms with Gasteiger partial charge in [-0.2, -0.15) is 4.98 Å². The van der Waals surface area contributed by atoms with E-state index < -0.39 is 5.54 Å². The monoisotopic (exact) mass is 384 g/mol. The molecule has 0 saturated carbocycles. The number of aromatic nitrogens is 2. The van der Waals surface area contributed by atoms with Gasteiger partial charge in [0.2, 0.25) is 5.89 Å². The van der Waals surface area contributed by atoms with Crippen molar-refractivity contribution >= 4 is 16.9 Å². The predicted octanol–water partition coefficient (Wildman–Crippen LogP) is 3.89. The molecule has 0 spiro atoms.